The van der Waals surface area contributed by atoms with Gasteiger partial charge in [-0.1, -0.05) is 0 Å². The van der Waals surface area contributed by atoms with Gasteiger partial charge in [-0.25, -0.2) is 9.97 Å². The van der Waals surface area contributed by atoms with Crippen LogP contribution < -0.4 is 0 Å². The van der Waals surface area contributed by atoms with Gasteiger partial charge >= 0.3 is 0 Å². The number of nitrogens with zero attached hydrogens (tertiary/aromatic N) is 5. The van der Waals surface area contributed by atoms with Gasteiger partial charge in [0.1, 0.15) is 5.82 Å². The molecule has 1 atom stereocenters. The first kappa shape index (κ1) is 15.2. The first-order chi connectivity index (χ1) is 10.5. The Morgan fingerprint density at radius 3 is 2.64 bits per heavy atom. The Morgan fingerprint density at radius 1 is 1.23 bits per heavy atom. The van der Waals surface area contributed by atoms with E-state index in [2.05, 4.69) is 44.6 Å². The molecule has 1 saturated heterocycles. The third-order valence-electron chi connectivity index (χ3n) is 4.26. The van der Waals surface area contributed by atoms with E-state index < -0.39 is 0 Å². The van der Waals surface area contributed by atoms with Crippen LogP contribution >= 0.6 is 0 Å². The molecule has 1 fully saturated rings. The van der Waals surface area contributed by atoms with Crippen LogP contribution in [0.25, 0.3) is 0 Å². The zero-order valence-corrected chi connectivity index (χ0v) is 14.0. The Hall–Kier alpha value is -1.75. The van der Waals surface area contributed by atoms with Gasteiger partial charge in [-0.15, -0.1) is 0 Å². The van der Waals surface area contributed by atoms with Crippen LogP contribution in [0.1, 0.15) is 55.1 Å². The monoisotopic (exact) mass is 299 g/mol. The summed E-state index contributed by atoms with van der Waals surface area (Å²) in [5.41, 5.74) is 3.43. The molecule has 2 aromatic rings. The summed E-state index contributed by atoms with van der Waals surface area (Å²) in [6, 6.07) is 4.57. The van der Waals surface area contributed by atoms with E-state index in [-0.39, 0.29) is 0 Å². The summed E-state index contributed by atoms with van der Waals surface area (Å²) >= 11 is 0. The van der Waals surface area contributed by atoms with Gasteiger partial charge in [0, 0.05) is 42.6 Å². The zero-order valence-electron chi connectivity index (χ0n) is 14.0. The number of aryl methyl sites for hydroxylation is 2. The zero-order chi connectivity index (χ0) is 15.7. The van der Waals surface area contributed by atoms with Crippen LogP contribution in [0.5, 0.6) is 0 Å². The Morgan fingerprint density at radius 2 is 1.95 bits per heavy atom. The van der Waals surface area contributed by atoms with Crippen molar-refractivity contribution in [3.63, 3.8) is 0 Å². The molecule has 1 unspecified atom stereocenters. The lowest BCUT2D eigenvalue weighted by Crippen LogP contribution is -2.23. The Labute approximate surface area is 132 Å². The minimum atomic E-state index is 0.408. The second kappa shape index (κ2) is 6.16. The third-order valence-corrected chi connectivity index (χ3v) is 4.26. The molecule has 1 aliphatic rings. The molecule has 0 N–H and O–H groups in total. The molecule has 118 valence electrons. The van der Waals surface area contributed by atoms with E-state index in [4.69, 9.17) is 0 Å². The summed E-state index contributed by atoms with van der Waals surface area (Å²) < 4.78 is 2.11. The Kier molecular flexibility index (Phi) is 4.25. The molecule has 22 heavy (non-hydrogen) atoms. The number of hydrogen-bond acceptors (Lipinski definition) is 4. The highest BCUT2D eigenvalue weighted by molar-refractivity contribution is 5.12. The average Bonchev–Trinajstić information content (AvgIpc) is 3.07. The van der Waals surface area contributed by atoms with Gasteiger partial charge in [0.25, 0.3) is 0 Å². The van der Waals surface area contributed by atoms with Gasteiger partial charge in [0.05, 0.1) is 5.69 Å². The Bertz CT molecular complexity index is 626. The van der Waals surface area contributed by atoms with Crippen molar-refractivity contribution in [3.05, 3.63) is 41.2 Å². The molecule has 0 bridgehead atoms. The smallest absolute Gasteiger partial charge is 0.133 e. The van der Waals surface area contributed by atoms with E-state index in [1.165, 1.54) is 5.69 Å². The molecule has 0 spiro atoms. The van der Waals surface area contributed by atoms with Crippen LogP contribution in [0.3, 0.4) is 0 Å². The molecule has 2 aromatic heterocycles. The minimum absolute atomic E-state index is 0.408. The fourth-order valence-electron chi connectivity index (χ4n) is 3.28. The number of likely N-dealkylation sites (tertiary alicyclic amines) is 1. The number of aromatic nitrogens is 4. The topological polar surface area (TPSA) is 46.8 Å². The summed E-state index contributed by atoms with van der Waals surface area (Å²) in [6.45, 7) is 11.5. The van der Waals surface area contributed by atoms with E-state index in [1.54, 1.807) is 0 Å². The van der Waals surface area contributed by atoms with Gasteiger partial charge in [-0.05, 0) is 52.8 Å². The predicted molar refractivity (Wildman–Crippen MR) is 86.8 cm³/mol. The van der Waals surface area contributed by atoms with Crippen LogP contribution in [-0.4, -0.2) is 37.7 Å². The molecule has 3 heterocycles. The van der Waals surface area contributed by atoms with Crippen LogP contribution in [0.2, 0.25) is 0 Å². The highest BCUT2D eigenvalue weighted by Crippen LogP contribution is 2.26. The second-order valence-electron chi connectivity index (χ2n) is 6.59. The lowest BCUT2D eigenvalue weighted by molar-refractivity contribution is 0.309. The fourth-order valence-corrected chi connectivity index (χ4v) is 3.28. The SMILES string of the molecule is Cc1cc(C)nc(C2CCN(Cc3ccnn3C(C)C)C2)n1. The highest BCUT2D eigenvalue weighted by atomic mass is 15.3. The first-order valence-electron chi connectivity index (χ1n) is 8.10. The second-order valence-corrected chi connectivity index (χ2v) is 6.59. The molecular weight excluding hydrogens is 274 g/mol. The van der Waals surface area contributed by atoms with Gasteiger partial charge in [0.2, 0.25) is 0 Å². The molecule has 3 rings (SSSR count). The van der Waals surface area contributed by atoms with Crippen LogP contribution in [-0.2, 0) is 6.54 Å². The predicted octanol–water partition coefficient (Wildman–Crippen LogP) is 2.86. The molecule has 0 aliphatic carbocycles. The van der Waals surface area contributed by atoms with Crippen molar-refractivity contribution >= 4 is 0 Å². The number of hydrogen-bond donors (Lipinski definition) is 0. The van der Waals surface area contributed by atoms with Crippen molar-refractivity contribution in [1.29, 1.82) is 0 Å². The van der Waals surface area contributed by atoms with Gasteiger partial charge in [-0.2, -0.15) is 5.10 Å². The van der Waals surface area contributed by atoms with Crippen molar-refractivity contribution in [3.8, 4) is 0 Å². The van der Waals surface area contributed by atoms with Crippen molar-refractivity contribution in [2.45, 2.75) is 52.6 Å². The van der Waals surface area contributed by atoms with Crippen LogP contribution in [0.4, 0.5) is 0 Å². The fraction of sp³-hybridized carbons (Fsp3) is 0.588. The molecule has 0 aromatic carbocycles. The quantitative estimate of drug-likeness (QED) is 0.871. The van der Waals surface area contributed by atoms with Crippen LogP contribution in [0.15, 0.2) is 18.3 Å². The van der Waals surface area contributed by atoms with E-state index in [0.29, 0.717) is 12.0 Å². The molecule has 0 amide bonds. The number of rotatable bonds is 4. The van der Waals surface area contributed by atoms with Crippen molar-refractivity contribution in [2.75, 3.05) is 13.1 Å². The molecular formula is C17H25N5. The largest absolute Gasteiger partial charge is 0.297 e. The van der Waals surface area contributed by atoms with Crippen molar-refractivity contribution < 1.29 is 0 Å². The van der Waals surface area contributed by atoms with E-state index in [9.17, 15) is 0 Å². The molecule has 0 radical (unpaired) electrons. The normalized spacial score (nSPS) is 19.2. The van der Waals surface area contributed by atoms with Crippen molar-refractivity contribution in [1.82, 2.24) is 24.6 Å². The maximum absolute atomic E-state index is 4.64. The molecule has 0 saturated carbocycles. The van der Waals surface area contributed by atoms with E-state index >= 15 is 0 Å². The minimum Gasteiger partial charge on any atom is -0.297 e. The van der Waals surface area contributed by atoms with Gasteiger partial charge in [0.15, 0.2) is 0 Å². The highest BCUT2D eigenvalue weighted by Gasteiger charge is 2.27. The summed E-state index contributed by atoms with van der Waals surface area (Å²) in [5.74, 6) is 1.46. The Balaban J connectivity index is 1.68. The maximum Gasteiger partial charge on any atom is 0.133 e. The van der Waals surface area contributed by atoms with Gasteiger partial charge in [-0.3, -0.25) is 9.58 Å². The summed E-state index contributed by atoms with van der Waals surface area (Å²) in [6.07, 6.45) is 3.04. The molecule has 1 aliphatic heterocycles. The van der Waals surface area contributed by atoms with E-state index in [1.807, 2.05) is 26.1 Å². The molecule has 5 nitrogen and oxygen atoms in total. The lowest BCUT2D eigenvalue weighted by Gasteiger charge is -2.18. The summed E-state index contributed by atoms with van der Waals surface area (Å²) in [4.78, 5) is 11.8. The third kappa shape index (κ3) is 3.19. The first-order valence-corrected chi connectivity index (χ1v) is 8.10. The maximum atomic E-state index is 4.64. The lowest BCUT2D eigenvalue weighted by atomic mass is 10.1. The molecule has 5 heteroatoms. The summed E-state index contributed by atoms with van der Waals surface area (Å²) in [7, 11) is 0. The standard InChI is InChI=1S/C17H25N5/c1-12(2)22-16(5-7-18-22)11-21-8-6-15(10-21)17-19-13(3)9-14(4)20-17/h5,7,9,12,15H,6,8,10-11H2,1-4H3. The summed E-state index contributed by atoms with van der Waals surface area (Å²) in [5, 5.41) is 4.42. The van der Waals surface area contributed by atoms with Crippen LogP contribution in [0, 0.1) is 13.8 Å². The van der Waals surface area contributed by atoms with Gasteiger partial charge < -0.3 is 0 Å². The average molecular weight is 299 g/mol. The van der Waals surface area contributed by atoms with E-state index in [0.717, 1.165) is 43.3 Å². The van der Waals surface area contributed by atoms with Crippen molar-refractivity contribution in [2.24, 2.45) is 0 Å².